The van der Waals surface area contributed by atoms with E-state index in [4.69, 9.17) is 0 Å². The van der Waals surface area contributed by atoms with Crippen LogP contribution in [0.4, 0.5) is 0 Å². The Morgan fingerprint density at radius 2 is 2.20 bits per heavy atom. The van der Waals surface area contributed by atoms with Gasteiger partial charge in [0.15, 0.2) is 0 Å². The van der Waals surface area contributed by atoms with E-state index < -0.39 is 10.8 Å². The predicted octanol–water partition coefficient (Wildman–Crippen LogP) is 2.31. The van der Waals surface area contributed by atoms with E-state index in [1.54, 1.807) is 0 Å². The van der Waals surface area contributed by atoms with Crippen molar-refractivity contribution in [2.75, 3.05) is 12.3 Å². The summed E-state index contributed by atoms with van der Waals surface area (Å²) >= 11 is 0. The van der Waals surface area contributed by atoms with Gasteiger partial charge in [-0.05, 0) is 32.2 Å². The van der Waals surface area contributed by atoms with Gasteiger partial charge in [0, 0.05) is 27.8 Å². The third-order valence-corrected chi connectivity index (χ3v) is 5.23. The highest BCUT2D eigenvalue weighted by molar-refractivity contribution is 7.85. The minimum absolute atomic E-state index is 0.396. The van der Waals surface area contributed by atoms with Gasteiger partial charge in [-0.15, -0.1) is 0 Å². The van der Waals surface area contributed by atoms with E-state index >= 15 is 0 Å². The zero-order chi connectivity index (χ0) is 11.3. The maximum Gasteiger partial charge on any atom is 0.0388 e. The number of hydrogen-bond donors (Lipinski definition) is 1. The fraction of sp³-hybridized carbons (Fsp3) is 1.00. The van der Waals surface area contributed by atoms with E-state index in [1.807, 2.05) is 0 Å². The quantitative estimate of drug-likeness (QED) is 0.787. The van der Waals surface area contributed by atoms with Crippen molar-refractivity contribution in [1.82, 2.24) is 5.32 Å². The fourth-order valence-corrected chi connectivity index (χ4v) is 4.26. The number of hydrogen-bond acceptors (Lipinski definition) is 2. The van der Waals surface area contributed by atoms with Crippen molar-refractivity contribution in [3.63, 3.8) is 0 Å². The molecule has 0 aromatic carbocycles. The first kappa shape index (κ1) is 13.2. The van der Waals surface area contributed by atoms with Crippen LogP contribution in [0.1, 0.15) is 46.5 Å². The molecule has 15 heavy (non-hydrogen) atoms. The highest BCUT2D eigenvalue weighted by Crippen LogP contribution is 2.27. The van der Waals surface area contributed by atoms with E-state index in [2.05, 4.69) is 26.1 Å². The lowest BCUT2D eigenvalue weighted by Gasteiger charge is -2.27. The molecule has 1 aliphatic carbocycles. The second-order valence-electron chi connectivity index (χ2n) is 4.90. The van der Waals surface area contributed by atoms with Crippen LogP contribution in [0.15, 0.2) is 0 Å². The van der Waals surface area contributed by atoms with Crippen molar-refractivity contribution < 1.29 is 4.21 Å². The molecule has 0 bridgehead atoms. The second kappa shape index (κ2) is 6.64. The summed E-state index contributed by atoms with van der Waals surface area (Å²) in [5.74, 6) is 1.60. The summed E-state index contributed by atoms with van der Waals surface area (Å²) < 4.78 is 12.1. The number of nitrogens with one attached hydrogen (secondary N) is 1. The van der Waals surface area contributed by atoms with Crippen LogP contribution in [-0.2, 0) is 10.8 Å². The minimum Gasteiger partial charge on any atom is -0.314 e. The van der Waals surface area contributed by atoms with Gasteiger partial charge in [-0.2, -0.15) is 0 Å². The maximum absolute atomic E-state index is 12.1. The lowest BCUT2D eigenvalue weighted by Crippen LogP contribution is -2.35. The SMILES string of the molecule is CCNC(C)CS(=O)C1CCCC(C)C1. The number of rotatable bonds is 5. The normalized spacial score (nSPS) is 31.1. The first-order chi connectivity index (χ1) is 7.13. The molecule has 1 saturated carbocycles. The first-order valence-electron chi connectivity index (χ1n) is 6.24. The average molecular weight is 231 g/mol. The van der Waals surface area contributed by atoms with E-state index in [0.717, 1.165) is 18.2 Å². The fourth-order valence-electron chi connectivity index (χ4n) is 2.41. The van der Waals surface area contributed by atoms with Gasteiger partial charge in [-0.25, -0.2) is 0 Å². The van der Waals surface area contributed by atoms with Gasteiger partial charge in [-0.3, -0.25) is 4.21 Å². The molecule has 3 heteroatoms. The monoisotopic (exact) mass is 231 g/mol. The molecule has 1 aliphatic rings. The van der Waals surface area contributed by atoms with Gasteiger partial charge >= 0.3 is 0 Å². The van der Waals surface area contributed by atoms with Gasteiger partial charge < -0.3 is 5.32 Å². The van der Waals surface area contributed by atoms with Crippen LogP contribution in [0.2, 0.25) is 0 Å². The predicted molar refractivity (Wildman–Crippen MR) is 67.6 cm³/mol. The molecule has 1 rings (SSSR count). The van der Waals surface area contributed by atoms with Crippen LogP contribution >= 0.6 is 0 Å². The molecule has 4 atom stereocenters. The van der Waals surface area contributed by atoms with Gasteiger partial charge in [0.25, 0.3) is 0 Å². The van der Waals surface area contributed by atoms with E-state index in [-0.39, 0.29) is 0 Å². The summed E-state index contributed by atoms with van der Waals surface area (Å²) in [4.78, 5) is 0. The third-order valence-electron chi connectivity index (χ3n) is 3.23. The third kappa shape index (κ3) is 4.64. The molecule has 90 valence electrons. The van der Waals surface area contributed by atoms with Crippen LogP contribution in [0.3, 0.4) is 0 Å². The summed E-state index contributed by atoms with van der Waals surface area (Å²) in [5.41, 5.74) is 0. The van der Waals surface area contributed by atoms with Crippen LogP contribution in [0.5, 0.6) is 0 Å². The Bertz CT molecular complexity index is 208. The maximum atomic E-state index is 12.1. The molecule has 4 unspecified atom stereocenters. The molecule has 0 saturated heterocycles. The molecule has 0 radical (unpaired) electrons. The van der Waals surface area contributed by atoms with Crippen LogP contribution in [-0.4, -0.2) is 27.8 Å². The Hall–Kier alpha value is 0.110. The minimum atomic E-state index is -0.621. The summed E-state index contributed by atoms with van der Waals surface area (Å²) in [7, 11) is -0.621. The summed E-state index contributed by atoms with van der Waals surface area (Å²) in [5, 5.41) is 3.80. The summed E-state index contributed by atoms with van der Waals surface area (Å²) in [6.45, 7) is 7.49. The zero-order valence-electron chi connectivity index (χ0n) is 10.3. The molecule has 0 aromatic heterocycles. The molecule has 2 nitrogen and oxygen atoms in total. The lowest BCUT2D eigenvalue weighted by molar-refractivity contribution is 0.388. The van der Waals surface area contributed by atoms with Gasteiger partial charge in [0.1, 0.15) is 0 Å². The molecule has 0 spiro atoms. The molecule has 0 heterocycles. The first-order valence-corrected chi connectivity index (χ1v) is 7.62. The lowest BCUT2D eigenvalue weighted by atomic mass is 9.91. The average Bonchev–Trinajstić information content (AvgIpc) is 2.18. The molecular weight excluding hydrogens is 206 g/mol. The Morgan fingerprint density at radius 3 is 2.80 bits per heavy atom. The smallest absolute Gasteiger partial charge is 0.0388 e. The van der Waals surface area contributed by atoms with Crippen LogP contribution < -0.4 is 5.32 Å². The van der Waals surface area contributed by atoms with Crippen molar-refractivity contribution in [3.05, 3.63) is 0 Å². The van der Waals surface area contributed by atoms with Gasteiger partial charge in [0.2, 0.25) is 0 Å². The molecule has 1 fully saturated rings. The van der Waals surface area contributed by atoms with E-state index in [1.165, 1.54) is 25.7 Å². The van der Waals surface area contributed by atoms with E-state index in [9.17, 15) is 4.21 Å². The van der Waals surface area contributed by atoms with E-state index in [0.29, 0.717) is 11.3 Å². The van der Waals surface area contributed by atoms with Gasteiger partial charge in [-0.1, -0.05) is 26.7 Å². The topological polar surface area (TPSA) is 29.1 Å². The van der Waals surface area contributed by atoms with Crippen LogP contribution in [0, 0.1) is 5.92 Å². The highest BCUT2D eigenvalue weighted by atomic mass is 32.2. The summed E-state index contributed by atoms with van der Waals surface area (Å²) in [6.07, 6.45) is 4.95. The molecule has 0 amide bonds. The van der Waals surface area contributed by atoms with Crippen molar-refractivity contribution in [2.45, 2.75) is 57.7 Å². The van der Waals surface area contributed by atoms with Crippen LogP contribution in [0.25, 0.3) is 0 Å². The standard InChI is InChI=1S/C12H25NOS/c1-4-13-11(3)9-15(14)12-7-5-6-10(2)8-12/h10-13H,4-9H2,1-3H3. The van der Waals surface area contributed by atoms with Crippen molar-refractivity contribution in [3.8, 4) is 0 Å². The van der Waals surface area contributed by atoms with Gasteiger partial charge in [0.05, 0.1) is 0 Å². The Morgan fingerprint density at radius 1 is 1.47 bits per heavy atom. The molecular formula is C12H25NOS. The second-order valence-corrected chi connectivity index (χ2v) is 6.66. The highest BCUT2D eigenvalue weighted by Gasteiger charge is 2.24. The molecule has 0 aromatic rings. The van der Waals surface area contributed by atoms with Crippen molar-refractivity contribution in [2.24, 2.45) is 5.92 Å². The Balaban J connectivity index is 2.32. The Labute approximate surface area is 96.7 Å². The van der Waals surface area contributed by atoms with Crippen molar-refractivity contribution in [1.29, 1.82) is 0 Å². The Kier molecular flexibility index (Phi) is 5.83. The summed E-state index contributed by atoms with van der Waals surface area (Å²) in [6, 6.07) is 0.396. The largest absolute Gasteiger partial charge is 0.314 e. The van der Waals surface area contributed by atoms with Crippen molar-refractivity contribution >= 4 is 10.8 Å². The zero-order valence-corrected chi connectivity index (χ0v) is 11.1. The molecule has 1 N–H and O–H groups in total. The molecule has 0 aliphatic heterocycles.